The van der Waals surface area contributed by atoms with Gasteiger partial charge in [0.15, 0.2) is 5.76 Å². The SMILES string of the molecule is Cc1cc(C)n(-c2ccc(C(=O)NCc3cc(-c4ccccc4)no3)cc2)n1. The molecule has 28 heavy (non-hydrogen) atoms. The molecule has 2 aromatic carbocycles. The van der Waals surface area contributed by atoms with Crippen molar-refractivity contribution in [3.05, 3.63) is 89.4 Å². The standard InChI is InChI=1S/C22H20N4O2/c1-15-12-16(2)26(24-15)19-10-8-18(9-11-19)22(27)23-14-20-13-21(25-28-20)17-6-4-3-5-7-17/h3-13H,14H2,1-2H3,(H,23,27). The molecule has 0 aliphatic heterocycles. The Morgan fingerprint density at radius 1 is 1.04 bits per heavy atom. The van der Waals surface area contributed by atoms with E-state index in [1.54, 1.807) is 12.1 Å². The van der Waals surface area contributed by atoms with Crippen LogP contribution < -0.4 is 5.32 Å². The van der Waals surface area contributed by atoms with Crippen LogP contribution in [-0.4, -0.2) is 20.8 Å². The molecule has 0 aliphatic rings. The number of nitrogens with one attached hydrogen (secondary N) is 1. The lowest BCUT2D eigenvalue weighted by atomic mass is 10.1. The monoisotopic (exact) mass is 372 g/mol. The maximum absolute atomic E-state index is 12.4. The summed E-state index contributed by atoms with van der Waals surface area (Å²) in [5, 5.41) is 11.4. The van der Waals surface area contributed by atoms with Crippen LogP contribution in [0, 0.1) is 13.8 Å². The fourth-order valence-corrected chi connectivity index (χ4v) is 3.06. The molecular weight excluding hydrogens is 352 g/mol. The molecule has 1 N–H and O–H groups in total. The Morgan fingerprint density at radius 2 is 1.79 bits per heavy atom. The molecule has 0 saturated carbocycles. The van der Waals surface area contributed by atoms with Crippen molar-refractivity contribution in [2.75, 3.05) is 0 Å². The third-order valence-corrected chi connectivity index (χ3v) is 4.44. The van der Waals surface area contributed by atoms with Crippen molar-refractivity contribution in [1.29, 1.82) is 0 Å². The molecular formula is C22H20N4O2. The Kier molecular flexibility index (Phi) is 4.76. The van der Waals surface area contributed by atoms with E-state index >= 15 is 0 Å². The molecule has 0 radical (unpaired) electrons. The van der Waals surface area contributed by atoms with Crippen LogP contribution >= 0.6 is 0 Å². The third-order valence-electron chi connectivity index (χ3n) is 4.44. The van der Waals surface area contributed by atoms with E-state index in [1.165, 1.54) is 0 Å². The Hall–Kier alpha value is -3.67. The van der Waals surface area contributed by atoms with Gasteiger partial charge in [-0.2, -0.15) is 5.10 Å². The maximum Gasteiger partial charge on any atom is 0.251 e. The molecule has 0 bridgehead atoms. The number of hydrogen-bond donors (Lipinski definition) is 1. The molecule has 0 atom stereocenters. The van der Waals surface area contributed by atoms with Gasteiger partial charge in [0.2, 0.25) is 0 Å². The minimum absolute atomic E-state index is 0.169. The summed E-state index contributed by atoms with van der Waals surface area (Å²) in [6.07, 6.45) is 0. The number of benzene rings is 2. The van der Waals surface area contributed by atoms with Crippen LogP contribution in [0.2, 0.25) is 0 Å². The van der Waals surface area contributed by atoms with Crippen molar-refractivity contribution in [1.82, 2.24) is 20.3 Å². The minimum Gasteiger partial charge on any atom is -0.359 e. The fourth-order valence-electron chi connectivity index (χ4n) is 3.06. The lowest BCUT2D eigenvalue weighted by Crippen LogP contribution is -2.22. The summed E-state index contributed by atoms with van der Waals surface area (Å²) in [6.45, 7) is 4.23. The second kappa shape index (κ2) is 7.52. The number of carbonyl (C=O) groups is 1. The molecule has 0 saturated heterocycles. The van der Waals surface area contributed by atoms with Gasteiger partial charge in [0, 0.05) is 22.9 Å². The van der Waals surface area contributed by atoms with Crippen molar-refractivity contribution in [3.8, 4) is 16.9 Å². The van der Waals surface area contributed by atoms with Crippen molar-refractivity contribution in [3.63, 3.8) is 0 Å². The summed E-state index contributed by atoms with van der Waals surface area (Å²) < 4.78 is 7.18. The van der Waals surface area contributed by atoms with E-state index in [0.717, 1.165) is 28.3 Å². The average Bonchev–Trinajstić information content (AvgIpc) is 3.33. The van der Waals surface area contributed by atoms with Gasteiger partial charge in [-0.25, -0.2) is 4.68 Å². The highest BCUT2D eigenvalue weighted by Crippen LogP contribution is 2.18. The van der Waals surface area contributed by atoms with E-state index in [2.05, 4.69) is 15.6 Å². The minimum atomic E-state index is -0.169. The highest BCUT2D eigenvalue weighted by molar-refractivity contribution is 5.94. The van der Waals surface area contributed by atoms with E-state index in [-0.39, 0.29) is 12.5 Å². The Balaban J connectivity index is 1.40. The lowest BCUT2D eigenvalue weighted by molar-refractivity contribution is 0.0947. The molecule has 0 unspecified atom stereocenters. The zero-order valence-corrected chi connectivity index (χ0v) is 15.7. The number of carbonyl (C=O) groups excluding carboxylic acids is 1. The second-order valence-electron chi connectivity index (χ2n) is 6.61. The largest absolute Gasteiger partial charge is 0.359 e. The van der Waals surface area contributed by atoms with Crippen molar-refractivity contribution in [2.45, 2.75) is 20.4 Å². The quantitative estimate of drug-likeness (QED) is 0.573. The molecule has 140 valence electrons. The Bertz CT molecular complexity index is 1100. The predicted octanol–water partition coefficient (Wildman–Crippen LogP) is 4.07. The van der Waals surface area contributed by atoms with Gasteiger partial charge in [-0.1, -0.05) is 35.5 Å². The van der Waals surface area contributed by atoms with Gasteiger partial charge in [-0.3, -0.25) is 4.79 Å². The van der Waals surface area contributed by atoms with E-state index < -0.39 is 0 Å². The molecule has 0 fully saturated rings. The van der Waals surface area contributed by atoms with Gasteiger partial charge in [0.05, 0.1) is 17.9 Å². The van der Waals surface area contributed by atoms with Crippen LogP contribution in [0.1, 0.15) is 27.5 Å². The molecule has 2 heterocycles. The number of rotatable bonds is 5. The summed E-state index contributed by atoms with van der Waals surface area (Å²) in [5.74, 6) is 0.434. The zero-order chi connectivity index (χ0) is 19.5. The Labute approximate surface area is 162 Å². The summed E-state index contributed by atoms with van der Waals surface area (Å²) in [6, 6.07) is 21.0. The summed E-state index contributed by atoms with van der Waals surface area (Å²) in [7, 11) is 0. The first-order valence-corrected chi connectivity index (χ1v) is 9.03. The van der Waals surface area contributed by atoms with Crippen LogP contribution in [0.3, 0.4) is 0 Å². The van der Waals surface area contributed by atoms with Crippen LogP contribution in [-0.2, 0) is 6.54 Å². The molecule has 0 spiro atoms. The van der Waals surface area contributed by atoms with E-state index in [9.17, 15) is 4.79 Å². The second-order valence-corrected chi connectivity index (χ2v) is 6.61. The van der Waals surface area contributed by atoms with Crippen molar-refractivity contribution < 1.29 is 9.32 Å². The van der Waals surface area contributed by atoms with Gasteiger partial charge in [0.25, 0.3) is 5.91 Å². The molecule has 0 aliphatic carbocycles. The number of nitrogens with zero attached hydrogens (tertiary/aromatic N) is 3. The van der Waals surface area contributed by atoms with Crippen LogP contribution in [0.15, 0.2) is 71.3 Å². The van der Waals surface area contributed by atoms with Crippen LogP contribution in [0.4, 0.5) is 0 Å². The molecule has 6 nitrogen and oxygen atoms in total. The van der Waals surface area contributed by atoms with Gasteiger partial charge in [-0.05, 0) is 44.2 Å². The van der Waals surface area contributed by atoms with Gasteiger partial charge < -0.3 is 9.84 Å². The summed E-state index contributed by atoms with van der Waals surface area (Å²) in [5.41, 5.74) is 5.23. The molecule has 4 aromatic rings. The van der Waals surface area contributed by atoms with E-state index in [4.69, 9.17) is 4.52 Å². The number of aryl methyl sites for hydroxylation is 2. The van der Waals surface area contributed by atoms with Crippen molar-refractivity contribution in [2.24, 2.45) is 0 Å². The molecule has 4 rings (SSSR count). The van der Waals surface area contributed by atoms with Gasteiger partial charge >= 0.3 is 0 Å². The first kappa shape index (κ1) is 17.7. The maximum atomic E-state index is 12.4. The normalized spacial score (nSPS) is 10.8. The molecule has 2 aromatic heterocycles. The first-order chi connectivity index (χ1) is 13.6. The predicted molar refractivity (Wildman–Crippen MR) is 106 cm³/mol. The van der Waals surface area contributed by atoms with Crippen LogP contribution in [0.25, 0.3) is 16.9 Å². The third kappa shape index (κ3) is 3.71. The zero-order valence-electron chi connectivity index (χ0n) is 15.7. The lowest BCUT2D eigenvalue weighted by Gasteiger charge is -2.06. The molecule has 6 heteroatoms. The van der Waals surface area contributed by atoms with E-state index in [0.29, 0.717) is 11.3 Å². The smallest absolute Gasteiger partial charge is 0.251 e. The van der Waals surface area contributed by atoms with E-state index in [1.807, 2.05) is 73.1 Å². The highest BCUT2D eigenvalue weighted by Gasteiger charge is 2.10. The number of hydrogen-bond acceptors (Lipinski definition) is 4. The molecule has 1 amide bonds. The fraction of sp³-hybridized carbons (Fsp3) is 0.136. The van der Waals surface area contributed by atoms with Crippen molar-refractivity contribution >= 4 is 5.91 Å². The summed E-state index contributed by atoms with van der Waals surface area (Å²) >= 11 is 0. The Morgan fingerprint density at radius 3 is 2.46 bits per heavy atom. The van der Waals surface area contributed by atoms with Gasteiger partial charge in [0.1, 0.15) is 5.69 Å². The number of aromatic nitrogens is 3. The topological polar surface area (TPSA) is 73.0 Å². The van der Waals surface area contributed by atoms with Crippen LogP contribution in [0.5, 0.6) is 0 Å². The average molecular weight is 372 g/mol. The highest BCUT2D eigenvalue weighted by atomic mass is 16.5. The number of amides is 1. The summed E-state index contributed by atoms with van der Waals surface area (Å²) in [4.78, 5) is 12.4. The first-order valence-electron chi connectivity index (χ1n) is 9.03. The van der Waals surface area contributed by atoms with Gasteiger partial charge in [-0.15, -0.1) is 0 Å².